The average Bonchev–Trinajstić information content (AvgIpc) is 2.81. The van der Waals surface area contributed by atoms with Crippen LogP contribution in [-0.4, -0.2) is 15.7 Å². The number of rotatable bonds is 3. The van der Waals surface area contributed by atoms with Crippen LogP contribution in [0.3, 0.4) is 0 Å². The molecule has 106 valence electrons. The van der Waals surface area contributed by atoms with Gasteiger partial charge in [0.2, 0.25) is 0 Å². The smallest absolute Gasteiger partial charge is 0.259 e. The minimum Gasteiger partial charge on any atom is -0.398 e. The summed E-state index contributed by atoms with van der Waals surface area (Å²) in [7, 11) is 0. The summed E-state index contributed by atoms with van der Waals surface area (Å²) in [6.07, 6.45) is 1.53. The Kier molecular flexibility index (Phi) is 3.69. The number of nitrogens with zero attached hydrogens (tertiary/aromatic N) is 2. The monoisotopic (exact) mass is 280 g/mol. The van der Waals surface area contributed by atoms with E-state index < -0.39 is 17.5 Å². The van der Waals surface area contributed by atoms with Gasteiger partial charge in [-0.25, -0.2) is 13.5 Å². The van der Waals surface area contributed by atoms with Gasteiger partial charge in [0.1, 0.15) is 5.82 Å². The molecule has 0 fully saturated rings. The fourth-order valence-electron chi connectivity index (χ4n) is 1.77. The lowest BCUT2D eigenvalue weighted by atomic mass is 10.1. The van der Waals surface area contributed by atoms with Crippen LogP contribution in [0.4, 0.5) is 20.3 Å². The van der Waals surface area contributed by atoms with Crippen molar-refractivity contribution >= 4 is 17.4 Å². The van der Waals surface area contributed by atoms with Gasteiger partial charge < -0.3 is 11.1 Å². The first kappa shape index (κ1) is 14.0. The van der Waals surface area contributed by atoms with Crippen LogP contribution in [0, 0.1) is 11.6 Å². The summed E-state index contributed by atoms with van der Waals surface area (Å²) in [4.78, 5) is 12.0. The molecule has 1 aromatic carbocycles. The van der Waals surface area contributed by atoms with Crippen molar-refractivity contribution in [2.75, 3.05) is 11.1 Å². The van der Waals surface area contributed by atoms with Gasteiger partial charge in [-0.3, -0.25) is 4.79 Å². The Morgan fingerprint density at radius 2 is 2.00 bits per heavy atom. The molecule has 0 radical (unpaired) electrons. The number of amides is 1. The van der Waals surface area contributed by atoms with E-state index in [1.54, 1.807) is 10.7 Å². The predicted octanol–water partition coefficient (Wildman–Crippen LogP) is 2.58. The molecule has 5 nitrogen and oxygen atoms in total. The van der Waals surface area contributed by atoms with Gasteiger partial charge in [0.05, 0.1) is 11.8 Å². The molecular weight excluding hydrogens is 266 g/mol. The molecule has 3 N–H and O–H groups in total. The second-order valence-corrected chi connectivity index (χ2v) is 4.56. The lowest BCUT2D eigenvalue weighted by Crippen LogP contribution is -2.18. The first-order valence-electron chi connectivity index (χ1n) is 5.99. The molecule has 2 rings (SSSR count). The Bertz CT molecular complexity index is 652. The highest BCUT2D eigenvalue weighted by Gasteiger charge is 2.16. The second kappa shape index (κ2) is 5.28. The summed E-state index contributed by atoms with van der Waals surface area (Å²) in [6, 6.07) is 3.20. The third-order valence-electron chi connectivity index (χ3n) is 2.74. The van der Waals surface area contributed by atoms with Crippen LogP contribution in [-0.2, 0) is 0 Å². The maximum atomic E-state index is 13.2. The molecule has 0 spiro atoms. The molecule has 0 aliphatic rings. The van der Waals surface area contributed by atoms with Gasteiger partial charge in [-0.2, -0.15) is 5.10 Å². The standard InChI is InChI=1S/C13H14F2N4O/c1-7(2)19-12(3-4-17-19)18-13(20)8-5-9(14)10(15)6-11(8)16/h3-7H,16H2,1-2H3,(H,18,20). The minimum absolute atomic E-state index is 0.0441. The van der Waals surface area contributed by atoms with Crippen LogP contribution in [0.2, 0.25) is 0 Å². The van der Waals surface area contributed by atoms with Crippen LogP contribution >= 0.6 is 0 Å². The van der Waals surface area contributed by atoms with Crippen molar-refractivity contribution in [3.63, 3.8) is 0 Å². The molecule has 0 aliphatic heterocycles. The number of anilines is 2. The van der Waals surface area contributed by atoms with E-state index in [-0.39, 0.29) is 17.3 Å². The van der Waals surface area contributed by atoms with E-state index in [0.717, 1.165) is 12.1 Å². The number of benzene rings is 1. The Morgan fingerprint density at radius 1 is 1.35 bits per heavy atom. The normalized spacial score (nSPS) is 10.8. The van der Waals surface area contributed by atoms with E-state index in [0.29, 0.717) is 5.82 Å². The number of halogens is 2. The summed E-state index contributed by atoms with van der Waals surface area (Å²) in [6.45, 7) is 3.79. The highest BCUT2D eigenvalue weighted by molar-refractivity contribution is 6.07. The van der Waals surface area contributed by atoms with Gasteiger partial charge in [-0.15, -0.1) is 0 Å². The molecule has 0 unspecified atom stereocenters. The van der Waals surface area contributed by atoms with Crippen LogP contribution in [0.15, 0.2) is 24.4 Å². The number of hydrogen-bond donors (Lipinski definition) is 2. The topological polar surface area (TPSA) is 72.9 Å². The summed E-state index contributed by atoms with van der Waals surface area (Å²) < 4.78 is 27.7. The fourth-order valence-corrected chi connectivity index (χ4v) is 1.77. The fraction of sp³-hybridized carbons (Fsp3) is 0.231. The number of aromatic nitrogens is 2. The van der Waals surface area contributed by atoms with E-state index >= 15 is 0 Å². The minimum atomic E-state index is -1.12. The first-order valence-corrected chi connectivity index (χ1v) is 5.99. The highest BCUT2D eigenvalue weighted by Crippen LogP contribution is 2.19. The van der Waals surface area contributed by atoms with E-state index in [1.807, 2.05) is 13.8 Å². The van der Waals surface area contributed by atoms with E-state index in [2.05, 4.69) is 10.4 Å². The Hall–Kier alpha value is -2.44. The molecule has 7 heteroatoms. The second-order valence-electron chi connectivity index (χ2n) is 4.56. The van der Waals surface area contributed by atoms with Crippen LogP contribution < -0.4 is 11.1 Å². The van der Waals surface area contributed by atoms with E-state index in [9.17, 15) is 13.6 Å². The zero-order valence-corrected chi connectivity index (χ0v) is 11.0. The first-order chi connectivity index (χ1) is 9.40. The lowest BCUT2D eigenvalue weighted by Gasteiger charge is -2.12. The summed E-state index contributed by atoms with van der Waals surface area (Å²) in [5, 5.41) is 6.62. The van der Waals surface area contributed by atoms with Crippen LogP contribution in [0.25, 0.3) is 0 Å². The molecule has 2 aromatic rings. The molecule has 0 aliphatic carbocycles. The molecule has 0 atom stereocenters. The number of nitrogens with two attached hydrogens (primary N) is 1. The van der Waals surface area contributed by atoms with Gasteiger partial charge in [0.15, 0.2) is 11.6 Å². The number of carbonyl (C=O) groups is 1. The summed E-state index contributed by atoms with van der Waals surface area (Å²) in [5.74, 6) is -2.38. The summed E-state index contributed by atoms with van der Waals surface area (Å²) >= 11 is 0. The Morgan fingerprint density at radius 3 is 2.65 bits per heavy atom. The third-order valence-corrected chi connectivity index (χ3v) is 2.74. The van der Waals surface area contributed by atoms with Gasteiger partial charge in [-0.1, -0.05) is 0 Å². The van der Waals surface area contributed by atoms with Crippen molar-refractivity contribution in [1.82, 2.24) is 9.78 Å². The molecule has 1 heterocycles. The molecule has 0 saturated carbocycles. The van der Waals surface area contributed by atoms with Crippen molar-refractivity contribution in [2.24, 2.45) is 0 Å². The predicted molar refractivity (Wildman–Crippen MR) is 71.3 cm³/mol. The van der Waals surface area contributed by atoms with Gasteiger partial charge in [-0.05, 0) is 19.9 Å². The largest absolute Gasteiger partial charge is 0.398 e. The lowest BCUT2D eigenvalue weighted by molar-refractivity contribution is 0.102. The maximum Gasteiger partial charge on any atom is 0.259 e. The zero-order valence-electron chi connectivity index (χ0n) is 11.0. The van der Waals surface area contributed by atoms with Crippen molar-refractivity contribution in [3.8, 4) is 0 Å². The molecule has 1 amide bonds. The van der Waals surface area contributed by atoms with Crippen LogP contribution in [0.5, 0.6) is 0 Å². The van der Waals surface area contributed by atoms with Gasteiger partial charge >= 0.3 is 0 Å². The van der Waals surface area contributed by atoms with Crippen molar-refractivity contribution in [2.45, 2.75) is 19.9 Å². The van der Waals surface area contributed by atoms with Gasteiger partial charge in [0.25, 0.3) is 5.91 Å². The van der Waals surface area contributed by atoms with Gasteiger partial charge in [0, 0.05) is 23.9 Å². The SMILES string of the molecule is CC(C)n1nccc1NC(=O)c1cc(F)c(F)cc1N. The van der Waals surface area contributed by atoms with E-state index in [1.165, 1.54) is 6.20 Å². The van der Waals surface area contributed by atoms with Crippen molar-refractivity contribution in [3.05, 3.63) is 41.6 Å². The Labute approximate surface area is 114 Å². The number of nitrogens with one attached hydrogen (secondary N) is 1. The maximum absolute atomic E-state index is 13.2. The molecule has 1 aromatic heterocycles. The zero-order chi connectivity index (χ0) is 14.9. The molecular formula is C13H14F2N4O. The quantitative estimate of drug-likeness (QED) is 0.849. The number of hydrogen-bond acceptors (Lipinski definition) is 3. The average molecular weight is 280 g/mol. The molecule has 20 heavy (non-hydrogen) atoms. The highest BCUT2D eigenvalue weighted by atomic mass is 19.2. The molecule has 0 saturated heterocycles. The summed E-state index contributed by atoms with van der Waals surface area (Å²) in [5.41, 5.74) is 5.28. The number of carbonyl (C=O) groups excluding carboxylic acids is 1. The van der Waals surface area contributed by atoms with Crippen LogP contribution in [0.1, 0.15) is 30.2 Å². The number of nitrogen functional groups attached to an aromatic ring is 1. The van der Waals surface area contributed by atoms with E-state index in [4.69, 9.17) is 5.73 Å². The molecule has 0 bridgehead atoms. The van der Waals surface area contributed by atoms with Crippen molar-refractivity contribution < 1.29 is 13.6 Å². The Balaban J connectivity index is 2.29. The van der Waals surface area contributed by atoms with Crippen molar-refractivity contribution in [1.29, 1.82) is 0 Å². The third kappa shape index (κ3) is 2.61.